The number of fused-ring (bicyclic) bond motifs is 1. The van der Waals surface area contributed by atoms with E-state index in [2.05, 4.69) is 20.3 Å². The quantitative estimate of drug-likeness (QED) is 0.759. The van der Waals surface area contributed by atoms with Crippen LogP contribution in [0.3, 0.4) is 0 Å². The van der Waals surface area contributed by atoms with Crippen molar-refractivity contribution < 1.29 is 4.79 Å². The Kier molecular flexibility index (Phi) is 3.14. The molecule has 0 bridgehead atoms. The standard InChI is InChI=1S/C11H6Cl2N4OS/c12-5-1-7-8(2-6(5)13)16-11(15-7)17-10(18)9-3-19-4-14-9/h1-4H,(H2,15,16,17,18). The lowest BCUT2D eigenvalue weighted by Crippen LogP contribution is -2.13. The molecule has 19 heavy (non-hydrogen) atoms. The van der Waals surface area contributed by atoms with Crippen LogP contribution < -0.4 is 5.32 Å². The molecule has 0 unspecified atom stereocenters. The number of hydrogen-bond donors (Lipinski definition) is 2. The summed E-state index contributed by atoms with van der Waals surface area (Å²) in [4.78, 5) is 22.9. The molecule has 96 valence electrons. The van der Waals surface area contributed by atoms with E-state index in [4.69, 9.17) is 23.2 Å². The predicted octanol–water partition coefficient (Wildman–Crippen LogP) is 3.58. The molecule has 8 heteroatoms. The van der Waals surface area contributed by atoms with E-state index in [-0.39, 0.29) is 5.91 Å². The van der Waals surface area contributed by atoms with Crippen LogP contribution in [0.1, 0.15) is 10.5 Å². The molecule has 0 fully saturated rings. The van der Waals surface area contributed by atoms with Crippen molar-refractivity contribution in [1.82, 2.24) is 15.0 Å². The Bertz CT molecular complexity index is 714. The maximum Gasteiger partial charge on any atom is 0.277 e. The third-order valence-corrected chi connectivity index (χ3v) is 3.73. The molecule has 5 nitrogen and oxygen atoms in total. The van der Waals surface area contributed by atoms with Crippen molar-refractivity contribution in [3.8, 4) is 0 Å². The van der Waals surface area contributed by atoms with Gasteiger partial charge in [-0.2, -0.15) is 0 Å². The first-order valence-corrected chi connectivity index (χ1v) is 6.87. The van der Waals surface area contributed by atoms with Crippen LogP contribution in [0.5, 0.6) is 0 Å². The minimum Gasteiger partial charge on any atom is -0.324 e. The minimum absolute atomic E-state index is 0.322. The molecule has 0 aliphatic carbocycles. The Hall–Kier alpha value is -1.63. The number of amides is 1. The number of benzene rings is 1. The number of aromatic nitrogens is 3. The predicted molar refractivity (Wildman–Crippen MR) is 76.2 cm³/mol. The van der Waals surface area contributed by atoms with Crippen LogP contribution in [0.2, 0.25) is 10.0 Å². The average molecular weight is 313 g/mol. The number of thiazole rings is 1. The van der Waals surface area contributed by atoms with Crippen molar-refractivity contribution in [3.63, 3.8) is 0 Å². The van der Waals surface area contributed by atoms with E-state index >= 15 is 0 Å². The smallest absolute Gasteiger partial charge is 0.277 e. The molecule has 3 rings (SSSR count). The first-order valence-electron chi connectivity index (χ1n) is 5.18. The average Bonchev–Trinajstić information content (AvgIpc) is 2.98. The fourth-order valence-electron chi connectivity index (χ4n) is 1.56. The Labute approximate surface area is 121 Å². The molecule has 1 amide bonds. The van der Waals surface area contributed by atoms with Gasteiger partial charge in [0, 0.05) is 5.38 Å². The van der Waals surface area contributed by atoms with Gasteiger partial charge in [0.2, 0.25) is 5.95 Å². The molecule has 3 aromatic rings. The molecule has 1 aromatic carbocycles. The van der Waals surface area contributed by atoms with Crippen LogP contribution in [0.15, 0.2) is 23.0 Å². The number of halogens is 2. The van der Waals surface area contributed by atoms with E-state index in [9.17, 15) is 4.79 Å². The maximum atomic E-state index is 11.8. The fourth-order valence-corrected chi connectivity index (χ4v) is 2.41. The van der Waals surface area contributed by atoms with Gasteiger partial charge in [-0.25, -0.2) is 9.97 Å². The first-order chi connectivity index (χ1) is 9.13. The van der Waals surface area contributed by atoms with Crippen molar-refractivity contribution in [1.29, 1.82) is 0 Å². The third-order valence-electron chi connectivity index (χ3n) is 2.42. The molecule has 0 radical (unpaired) electrons. The zero-order chi connectivity index (χ0) is 13.4. The van der Waals surface area contributed by atoms with Crippen LogP contribution in [0, 0.1) is 0 Å². The minimum atomic E-state index is -0.322. The Morgan fingerprint density at radius 2 is 2.11 bits per heavy atom. The van der Waals surface area contributed by atoms with Gasteiger partial charge >= 0.3 is 0 Å². The number of H-pyrrole nitrogens is 1. The molecular weight excluding hydrogens is 307 g/mol. The lowest BCUT2D eigenvalue weighted by atomic mass is 10.3. The van der Waals surface area contributed by atoms with Crippen LogP contribution in [-0.2, 0) is 0 Å². The highest BCUT2D eigenvalue weighted by Crippen LogP contribution is 2.27. The van der Waals surface area contributed by atoms with Crippen molar-refractivity contribution >= 4 is 57.4 Å². The maximum absolute atomic E-state index is 11.8. The fraction of sp³-hybridized carbons (Fsp3) is 0. The zero-order valence-corrected chi connectivity index (χ0v) is 11.6. The highest BCUT2D eigenvalue weighted by atomic mass is 35.5. The van der Waals surface area contributed by atoms with E-state index in [0.717, 1.165) is 0 Å². The summed E-state index contributed by atoms with van der Waals surface area (Å²) in [6, 6.07) is 3.29. The van der Waals surface area contributed by atoms with Crippen LogP contribution in [0.4, 0.5) is 5.95 Å². The molecule has 0 saturated carbocycles. The third kappa shape index (κ3) is 2.42. The van der Waals surface area contributed by atoms with Crippen LogP contribution in [0.25, 0.3) is 11.0 Å². The largest absolute Gasteiger partial charge is 0.324 e. The first kappa shape index (κ1) is 12.4. The van der Waals surface area contributed by atoms with E-state index in [0.29, 0.717) is 32.7 Å². The highest BCUT2D eigenvalue weighted by molar-refractivity contribution is 7.07. The molecule has 2 aromatic heterocycles. The Morgan fingerprint density at radius 3 is 2.84 bits per heavy atom. The van der Waals surface area contributed by atoms with Crippen LogP contribution >= 0.6 is 34.5 Å². The number of nitrogens with one attached hydrogen (secondary N) is 2. The van der Waals surface area contributed by atoms with Crippen molar-refractivity contribution in [2.75, 3.05) is 5.32 Å². The second-order valence-electron chi connectivity index (χ2n) is 3.70. The number of anilines is 1. The normalized spacial score (nSPS) is 10.8. The van der Waals surface area contributed by atoms with Gasteiger partial charge in [0.1, 0.15) is 5.69 Å². The number of hydrogen-bond acceptors (Lipinski definition) is 4. The van der Waals surface area contributed by atoms with Gasteiger partial charge in [0.05, 0.1) is 26.6 Å². The van der Waals surface area contributed by atoms with Gasteiger partial charge in [-0.05, 0) is 12.1 Å². The van der Waals surface area contributed by atoms with E-state index in [1.165, 1.54) is 11.3 Å². The molecule has 2 N–H and O–H groups in total. The number of carbonyl (C=O) groups excluding carboxylic acids is 1. The van der Waals surface area contributed by atoms with E-state index in [1.54, 1.807) is 23.0 Å². The summed E-state index contributed by atoms with van der Waals surface area (Å²) in [5.74, 6) is 0.00355. The molecule has 2 heterocycles. The number of carbonyl (C=O) groups is 1. The second-order valence-corrected chi connectivity index (χ2v) is 5.23. The molecular formula is C11H6Cl2N4OS. The number of nitrogens with zero attached hydrogens (tertiary/aromatic N) is 2. The van der Waals surface area contributed by atoms with Gasteiger partial charge in [-0.3, -0.25) is 10.1 Å². The summed E-state index contributed by atoms with van der Waals surface area (Å²) < 4.78 is 0. The van der Waals surface area contributed by atoms with Gasteiger partial charge in [0.25, 0.3) is 5.91 Å². The van der Waals surface area contributed by atoms with Crippen molar-refractivity contribution in [2.24, 2.45) is 0 Å². The van der Waals surface area contributed by atoms with E-state index in [1.807, 2.05) is 0 Å². The Morgan fingerprint density at radius 1 is 1.32 bits per heavy atom. The van der Waals surface area contributed by atoms with Gasteiger partial charge in [-0.15, -0.1) is 11.3 Å². The molecule has 0 saturated heterocycles. The highest BCUT2D eigenvalue weighted by Gasteiger charge is 2.11. The summed E-state index contributed by atoms with van der Waals surface area (Å²) in [5, 5.41) is 5.12. The van der Waals surface area contributed by atoms with Gasteiger partial charge in [-0.1, -0.05) is 23.2 Å². The monoisotopic (exact) mass is 312 g/mol. The Balaban J connectivity index is 1.92. The van der Waals surface area contributed by atoms with E-state index < -0.39 is 0 Å². The molecule has 0 aliphatic rings. The number of imidazole rings is 1. The van der Waals surface area contributed by atoms with Gasteiger partial charge in [0.15, 0.2) is 0 Å². The summed E-state index contributed by atoms with van der Waals surface area (Å²) >= 11 is 13.2. The van der Waals surface area contributed by atoms with Gasteiger partial charge < -0.3 is 4.98 Å². The molecule has 0 aliphatic heterocycles. The van der Waals surface area contributed by atoms with Crippen molar-refractivity contribution in [2.45, 2.75) is 0 Å². The second kappa shape index (κ2) is 4.80. The molecule has 0 atom stereocenters. The van der Waals surface area contributed by atoms with Crippen molar-refractivity contribution in [3.05, 3.63) is 38.8 Å². The van der Waals surface area contributed by atoms with Crippen LogP contribution in [-0.4, -0.2) is 20.9 Å². The molecule has 0 spiro atoms. The zero-order valence-electron chi connectivity index (χ0n) is 9.28. The lowest BCUT2D eigenvalue weighted by molar-refractivity contribution is 0.102. The summed E-state index contributed by atoms with van der Waals surface area (Å²) in [5.41, 5.74) is 3.26. The summed E-state index contributed by atoms with van der Waals surface area (Å²) in [6.07, 6.45) is 0. The number of rotatable bonds is 2. The topological polar surface area (TPSA) is 70.7 Å². The SMILES string of the molecule is O=C(Nc1nc2cc(Cl)c(Cl)cc2[nH]1)c1cscn1. The summed E-state index contributed by atoms with van der Waals surface area (Å²) in [7, 11) is 0. The lowest BCUT2D eigenvalue weighted by Gasteiger charge is -1.96. The summed E-state index contributed by atoms with van der Waals surface area (Å²) in [6.45, 7) is 0. The number of aromatic amines is 1.